The van der Waals surface area contributed by atoms with Gasteiger partial charge in [0.1, 0.15) is 42.0 Å². The molecular weight excluding hydrogens is 1000 g/mol. The number of fused-ring (bicyclic) bond motifs is 1. The molecule has 1 aliphatic carbocycles. The van der Waals surface area contributed by atoms with E-state index < -0.39 is 47.9 Å². The highest BCUT2D eigenvalue weighted by Crippen LogP contribution is 2.39. The monoisotopic (exact) mass is 1060 g/mol. The van der Waals surface area contributed by atoms with Crippen molar-refractivity contribution in [2.75, 3.05) is 20.7 Å². The summed E-state index contributed by atoms with van der Waals surface area (Å²) in [5, 5.41) is 13.5. The first-order chi connectivity index (χ1) is 34.1. The van der Waals surface area contributed by atoms with Crippen molar-refractivity contribution in [2.45, 2.75) is 111 Å². The molecule has 72 heavy (non-hydrogen) atoms. The lowest BCUT2D eigenvalue weighted by Crippen LogP contribution is -2.27. The van der Waals surface area contributed by atoms with Crippen molar-refractivity contribution in [2.24, 2.45) is 0 Å². The van der Waals surface area contributed by atoms with Crippen LogP contribution in [0.3, 0.4) is 0 Å². The average Bonchev–Trinajstić information content (AvgIpc) is 3.81. The van der Waals surface area contributed by atoms with E-state index in [0.29, 0.717) is 24.2 Å². The van der Waals surface area contributed by atoms with Crippen LogP contribution < -0.4 is 25.4 Å². The zero-order chi connectivity index (χ0) is 54.9. The predicted octanol–water partition coefficient (Wildman–Crippen LogP) is 13.4. The smallest absolute Gasteiger partial charge is 0.416 e. The largest absolute Gasteiger partial charge is 0.465 e. The van der Waals surface area contributed by atoms with Crippen molar-refractivity contribution in [1.29, 1.82) is 0 Å². The molecule has 5 rings (SSSR count). The quantitative estimate of drug-likeness (QED) is 0.0502. The van der Waals surface area contributed by atoms with Gasteiger partial charge in [-0.3, -0.25) is 14.9 Å². The molecule has 0 aromatic heterocycles. The fourth-order valence-electron chi connectivity index (χ4n) is 5.84. The third-order valence-electron chi connectivity index (χ3n) is 9.11. The van der Waals surface area contributed by atoms with Crippen molar-refractivity contribution in [3.63, 3.8) is 0 Å². The molecule has 22 heteroatoms. The van der Waals surface area contributed by atoms with Crippen LogP contribution in [0.4, 0.5) is 40.7 Å². The molecule has 14 nitrogen and oxygen atoms in total. The number of alkyl halides is 6. The molecule has 0 aliphatic heterocycles. The van der Waals surface area contributed by atoms with Gasteiger partial charge in [0, 0.05) is 26.9 Å². The number of hydrogen-bond acceptors (Lipinski definition) is 10. The predicted molar refractivity (Wildman–Crippen MR) is 261 cm³/mol. The van der Waals surface area contributed by atoms with E-state index in [4.69, 9.17) is 42.5 Å². The van der Waals surface area contributed by atoms with Crippen LogP contribution in [-0.4, -0.2) is 69.2 Å². The van der Waals surface area contributed by atoms with Crippen molar-refractivity contribution >= 4 is 60.5 Å². The van der Waals surface area contributed by atoms with E-state index >= 15 is 0 Å². The minimum absolute atomic E-state index is 0.0506. The first-order valence-electron chi connectivity index (χ1n) is 22.4. The summed E-state index contributed by atoms with van der Waals surface area (Å²) < 4.78 is 96.7. The van der Waals surface area contributed by atoms with Gasteiger partial charge in [-0.2, -0.15) is 26.3 Å². The molecule has 0 radical (unpaired) electrons. The number of imide groups is 1. The van der Waals surface area contributed by atoms with E-state index in [-0.39, 0.29) is 34.6 Å². The number of carboxylic acid groups (broad SMARTS) is 1. The Balaban J connectivity index is 0.00000103. The highest BCUT2D eigenvalue weighted by atomic mass is 35.5. The summed E-state index contributed by atoms with van der Waals surface area (Å²) >= 11 is 11.8. The van der Waals surface area contributed by atoms with E-state index in [1.807, 2.05) is 49.6 Å². The van der Waals surface area contributed by atoms with Crippen LogP contribution in [0.5, 0.6) is 23.0 Å². The minimum Gasteiger partial charge on any atom is -0.465 e. The second-order valence-corrected chi connectivity index (χ2v) is 15.3. The number of nitrogens with one attached hydrogen (secondary N) is 3. The number of rotatable bonds is 15. The molecule has 0 fully saturated rings. The molecule has 4 aromatic rings. The number of carbonyl (C=O) groups is 6. The van der Waals surface area contributed by atoms with E-state index in [1.165, 1.54) is 37.4 Å². The summed E-state index contributed by atoms with van der Waals surface area (Å²) in [5.74, 6) is 1.36. The second-order valence-electron chi connectivity index (χ2n) is 14.5. The van der Waals surface area contributed by atoms with Gasteiger partial charge in [0.05, 0.1) is 21.2 Å². The summed E-state index contributed by atoms with van der Waals surface area (Å²) in [4.78, 5) is 60.1. The number of amides is 4. The lowest BCUT2D eigenvalue weighted by molar-refractivity contribution is -0.138. The number of hydrogen-bond donors (Lipinski definition) is 4. The van der Waals surface area contributed by atoms with Crippen molar-refractivity contribution in [3.05, 3.63) is 116 Å². The van der Waals surface area contributed by atoms with Gasteiger partial charge in [0.25, 0.3) is 0 Å². The normalized spacial score (nSPS) is 11.3. The molecule has 4 amide bonds. The van der Waals surface area contributed by atoms with Gasteiger partial charge in [-0.25, -0.2) is 14.4 Å². The third kappa shape index (κ3) is 26.6. The van der Waals surface area contributed by atoms with Gasteiger partial charge in [-0.15, -0.1) is 0 Å². The molecule has 398 valence electrons. The van der Waals surface area contributed by atoms with Gasteiger partial charge >= 0.3 is 30.6 Å². The van der Waals surface area contributed by atoms with Crippen LogP contribution in [0.2, 0.25) is 10.0 Å². The highest BCUT2D eigenvalue weighted by molar-refractivity contribution is 6.32. The van der Waals surface area contributed by atoms with Gasteiger partial charge in [-0.1, -0.05) is 75.9 Å². The summed E-state index contributed by atoms with van der Waals surface area (Å²) in [7, 11) is 2.77. The van der Waals surface area contributed by atoms with Gasteiger partial charge in [0.2, 0.25) is 6.41 Å². The SMILES string of the molecule is CC.CCCCC=O.CCCc1cc(Oc2ccc(C(F)(F)F)cc2Cl)ccc1CC(C)OC(=O)NC=O.CNC(=O)O.CNC(=O)OCC=O.FC(F)(F)c1ccc(Oc2ccc3c(c2)CCC3)c(Cl)c1. The van der Waals surface area contributed by atoms with Crippen LogP contribution in [0, 0.1) is 0 Å². The summed E-state index contributed by atoms with van der Waals surface area (Å²) in [6.45, 7) is 9.59. The molecule has 4 N–H and O–H groups in total. The van der Waals surface area contributed by atoms with Crippen molar-refractivity contribution < 1.29 is 79.2 Å². The topological polar surface area (TPSA) is 196 Å². The zero-order valence-electron chi connectivity index (χ0n) is 40.9. The van der Waals surface area contributed by atoms with Crippen LogP contribution in [-0.2, 0) is 61.9 Å². The molecule has 1 aliphatic rings. The molecule has 4 aromatic carbocycles. The van der Waals surface area contributed by atoms with E-state index in [9.17, 15) is 55.1 Å². The number of halogens is 8. The molecule has 0 spiro atoms. The number of carbonyl (C=O) groups excluding carboxylic acids is 5. The number of unbranched alkanes of at least 4 members (excludes halogenated alkanes) is 2. The standard InChI is InChI=1S/C21H21ClF3NO4.C16H12ClF3O.C5H10O.C4H7NO3.C2H5NO2.C2H6/c1-3-4-14-10-17(7-5-15(14)9-13(2)29-20(28)26-12-27)30-19-8-6-16(11-18(19)22)21(23,24)25;17-14-9-12(16(18,19)20)5-7-15(14)21-13-6-4-10-2-1-3-11(10)8-13;1-2-3-4-5-6;1-5-4(7)8-3-2-6;1-3-2(4)5;1-2/h5-8,10-13H,3-4,9H2,1-2H3,(H,26,27,28);4-9H,1-3H2;5H,2-4H2,1H3;2H,3H2,1H3,(H,5,7);3H,1H3,(H,4,5);1-2H3. The van der Waals surface area contributed by atoms with Crippen molar-refractivity contribution in [1.82, 2.24) is 16.0 Å². The number of alkyl carbamates (subject to hydrolysis) is 2. The number of aryl methyl sites for hydroxylation is 3. The summed E-state index contributed by atoms with van der Waals surface area (Å²) in [5.41, 5.74) is 2.78. The molecule has 0 saturated carbocycles. The third-order valence-corrected chi connectivity index (χ3v) is 9.70. The summed E-state index contributed by atoms with van der Waals surface area (Å²) in [6, 6.07) is 17.0. The van der Waals surface area contributed by atoms with Gasteiger partial charge in [0.15, 0.2) is 6.29 Å². The van der Waals surface area contributed by atoms with Crippen LogP contribution in [0.15, 0.2) is 72.8 Å². The van der Waals surface area contributed by atoms with Crippen LogP contribution in [0.1, 0.15) is 100 Å². The molecular formula is C50H61Cl2F6N3O11. The Hall–Kier alpha value is -6.54. The summed E-state index contributed by atoms with van der Waals surface area (Å²) in [6.07, 6.45) is -1.97. The zero-order valence-corrected chi connectivity index (χ0v) is 42.4. The maximum absolute atomic E-state index is 12.8. The Morgan fingerprint density at radius 1 is 0.708 bits per heavy atom. The lowest BCUT2D eigenvalue weighted by atomic mass is 9.98. The Bertz CT molecular complexity index is 2300. The lowest BCUT2D eigenvalue weighted by Gasteiger charge is -2.17. The maximum Gasteiger partial charge on any atom is 0.416 e. The van der Waals surface area contributed by atoms with Crippen LogP contribution in [0.25, 0.3) is 0 Å². The van der Waals surface area contributed by atoms with E-state index in [1.54, 1.807) is 25.1 Å². The van der Waals surface area contributed by atoms with E-state index in [0.717, 1.165) is 93.0 Å². The van der Waals surface area contributed by atoms with E-state index in [2.05, 4.69) is 17.0 Å². The van der Waals surface area contributed by atoms with Gasteiger partial charge in [-0.05, 0) is 122 Å². The fraction of sp³-hybridized carbons (Fsp3) is 0.400. The second kappa shape index (κ2) is 35.5. The first-order valence-corrected chi connectivity index (χ1v) is 23.2. The Morgan fingerprint density at radius 3 is 1.67 bits per heavy atom. The molecule has 1 atom stereocenters. The maximum atomic E-state index is 12.8. The minimum atomic E-state index is -4.49. The number of benzene rings is 4. The average molecular weight is 1060 g/mol. The number of ether oxygens (including phenoxy) is 4. The van der Waals surface area contributed by atoms with Crippen molar-refractivity contribution in [3.8, 4) is 23.0 Å². The Kier molecular flexibility index (Phi) is 32.3. The van der Waals surface area contributed by atoms with Crippen LogP contribution >= 0.6 is 23.2 Å². The Labute approximate surface area is 425 Å². The fourth-order valence-corrected chi connectivity index (χ4v) is 6.28. The van der Waals surface area contributed by atoms with Gasteiger partial charge < -0.3 is 39.5 Å². The molecule has 0 bridgehead atoms. The molecule has 1 unspecified atom stereocenters. The Morgan fingerprint density at radius 2 is 1.24 bits per heavy atom. The highest BCUT2D eigenvalue weighted by Gasteiger charge is 2.32. The first kappa shape index (κ1) is 65.5. The molecule has 0 saturated heterocycles. The molecule has 0 heterocycles. The number of aldehydes is 2.